The van der Waals surface area contributed by atoms with Gasteiger partial charge in [0.15, 0.2) is 0 Å². The number of para-hydroxylation sites is 4. The molecule has 10 aromatic rings. The van der Waals surface area contributed by atoms with Crippen LogP contribution in [0, 0.1) is 0 Å². The van der Waals surface area contributed by atoms with Gasteiger partial charge < -0.3 is 9.13 Å². The number of fused-ring (bicyclic) bond motifs is 10. The minimum Gasteiger partial charge on any atom is -0.309 e. The molecular formula is C44H29N3S. The Hall–Kier alpha value is -5.97. The lowest BCUT2D eigenvalue weighted by atomic mass is 9.98. The summed E-state index contributed by atoms with van der Waals surface area (Å²) in [7, 11) is 0. The van der Waals surface area contributed by atoms with Crippen LogP contribution < -0.4 is 0 Å². The van der Waals surface area contributed by atoms with Gasteiger partial charge >= 0.3 is 0 Å². The molecular weight excluding hydrogens is 603 g/mol. The molecule has 0 atom stereocenters. The predicted molar refractivity (Wildman–Crippen MR) is 207 cm³/mol. The third-order valence-corrected chi connectivity index (χ3v) is 11.1. The molecule has 0 aliphatic heterocycles. The minimum absolute atomic E-state index is 0.572. The lowest BCUT2D eigenvalue weighted by molar-refractivity contribution is 1.08. The summed E-state index contributed by atoms with van der Waals surface area (Å²) in [6, 6.07) is 55.2. The molecule has 10 rings (SSSR count). The molecule has 0 unspecified atom stereocenters. The van der Waals surface area contributed by atoms with Crippen LogP contribution in [0.1, 0.15) is 5.56 Å². The molecule has 226 valence electrons. The molecule has 0 aliphatic carbocycles. The van der Waals surface area contributed by atoms with Crippen molar-refractivity contribution >= 4 is 81.8 Å². The van der Waals surface area contributed by atoms with Crippen molar-refractivity contribution in [2.45, 2.75) is 6.54 Å². The average molecular weight is 632 g/mol. The molecule has 3 nitrogen and oxygen atoms in total. The highest BCUT2D eigenvalue weighted by Crippen LogP contribution is 2.47. The van der Waals surface area contributed by atoms with E-state index in [-0.39, 0.29) is 0 Å². The van der Waals surface area contributed by atoms with E-state index in [0.717, 1.165) is 11.3 Å². The summed E-state index contributed by atoms with van der Waals surface area (Å²) >= 11 is 1.91. The second-order valence-electron chi connectivity index (χ2n) is 12.4. The van der Waals surface area contributed by atoms with Gasteiger partial charge in [-0.2, -0.15) is 0 Å². The van der Waals surface area contributed by atoms with Crippen molar-refractivity contribution in [3.63, 3.8) is 0 Å². The number of hydrogen-bond donors (Lipinski definition) is 0. The van der Waals surface area contributed by atoms with Crippen LogP contribution in [0.3, 0.4) is 0 Å². The molecule has 4 heteroatoms. The number of hydrogen-bond acceptors (Lipinski definition) is 2. The molecule has 3 aromatic heterocycles. The van der Waals surface area contributed by atoms with Crippen LogP contribution in [-0.4, -0.2) is 15.9 Å². The lowest BCUT2D eigenvalue weighted by Crippen LogP contribution is -1.98. The van der Waals surface area contributed by atoms with E-state index >= 15 is 0 Å². The number of thiophene rings is 1. The van der Waals surface area contributed by atoms with Crippen molar-refractivity contribution in [3.05, 3.63) is 157 Å². The van der Waals surface area contributed by atoms with Crippen LogP contribution in [0.5, 0.6) is 0 Å². The summed E-state index contributed by atoms with van der Waals surface area (Å²) in [5.74, 6) is 0. The third-order valence-electron chi connectivity index (χ3n) is 9.78. The fourth-order valence-electron chi connectivity index (χ4n) is 7.78. The van der Waals surface area contributed by atoms with Gasteiger partial charge in [-0.25, -0.2) is 0 Å². The SMILES string of the molecule is C=NCc1ccc(-n2c3ccccc3c3ccccc32)c(-c2cccc3c2sc2c3ccc3c2c2ccccc2n3-c2ccccc2)c1. The Labute approximate surface area is 281 Å². The van der Waals surface area contributed by atoms with Crippen LogP contribution in [0.2, 0.25) is 0 Å². The Kier molecular flexibility index (Phi) is 5.96. The van der Waals surface area contributed by atoms with E-state index in [1.54, 1.807) is 0 Å². The van der Waals surface area contributed by atoms with Crippen LogP contribution in [0.25, 0.3) is 86.3 Å². The van der Waals surface area contributed by atoms with Crippen LogP contribution in [-0.2, 0) is 6.54 Å². The van der Waals surface area contributed by atoms with Gasteiger partial charge in [0.2, 0.25) is 0 Å². The molecule has 0 fully saturated rings. The van der Waals surface area contributed by atoms with E-state index < -0.39 is 0 Å². The Balaban J connectivity index is 1.30. The molecule has 0 bridgehead atoms. The van der Waals surface area contributed by atoms with Crippen LogP contribution in [0.4, 0.5) is 0 Å². The normalized spacial score (nSPS) is 11.9. The van der Waals surface area contributed by atoms with Gasteiger partial charge in [-0.3, -0.25) is 4.99 Å². The zero-order valence-corrected chi connectivity index (χ0v) is 26.9. The van der Waals surface area contributed by atoms with E-state index in [9.17, 15) is 0 Å². The first-order chi connectivity index (χ1) is 23.8. The van der Waals surface area contributed by atoms with Gasteiger partial charge in [0.05, 0.1) is 34.3 Å². The standard InChI is InChI=1S/C44H29N3S/c1-45-27-28-22-24-40(47-37-19-8-5-14-30(37)31-15-6-9-20-38(31)47)36(26-28)33-18-11-17-32-34-23-25-41-42(44(34)48-43(32)33)35-16-7-10-21-39(35)46(41)29-12-3-2-4-13-29/h2-26H,1,27H2. The summed E-state index contributed by atoms with van der Waals surface area (Å²) < 4.78 is 7.45. The van der Waals surface area contributed by atoms with Gasteiger partial charge in [-0.15, -0.1) is 11.3 Å². The molecule has 0 saturated heterocycles. The maximum absolute atomic E-state index is 4.26. The van der Waals surface area contributed by atoms with E-state index in [0.29, 0.717) is 6.54 Å². The van der Waals surface area contributed by atoms with E-state index in [1.165, 1.54) is 80.6 Å². The topological polar surface area (TPSA) is 22.2 Å². The van der Waals surface area contributed by atoms with Crippen LogP contribution >= 0.6 is 11.3 Å². The summed E-state index contributed by atoms with van der Waals surface area (Å²) in [5, 5.41) is 7.68. The molecule has 0 N–H and O–H groups in total. The van der Waals surface area contributed by atoms with Gasteiger partial charge in [0, 0.05) is 58.5 Å². The highest BCUT2D eigenvalue weighted by molar-refractivity contribution is 7.27. The van der Waals surface area contributed by atoms with Gasteiger partial charge in [-0.05, 0) is 60.8 Å². The highest BCUT2D eigenvalue weighted by atomic mass is 32.1. The first-order valence-electron chi connectivity index (χ1n) is 16.3. The summed E-state index contributed by atoms with van der Waals surface area (Å²) in [6.45, 7) is 4.39. The monoisotopic (exact) mass is 631 g/mol. The van der Waals surface area contributed by atoms with Crippen molar-refractivity contribution in [2.75, 3.05) is 0 Å². The fraction of sp³-hybridized carbons (Fsp3) is 0.0227. The molecule has 0 aliphatic rings. The average Bonchev–Trinajstić information content (AvgIpc) is 3.80. The molecule has 0 saturated carbocycles. The fourth-order valence-corrected chi connectivity index (χ4v) is 9.16. The number of nitrogens with zero attached hydrogens (tertiary/aromatic N) is 3. The largest absolute Gasteiger partial charge is 0.309 e. The van der Waals surface area contributed by atoms with Gasteiger partial charge in [0.1, 0.15) is 0 Å². The quantitative estimate of drug-likeness (QED) is 0.169. The van der Waals surface area contributed by atoms with Gasteiger partial charge in [0.25, 0.3) is 0 Å². The van der Waals surface area contributed by atoms with Crippen molar-refractivity contribution < 1.29 is 0 Å². The van der Waals surface area contributed by atoms with E-state index in [4.69, 9.17) is 0 Å². The summed E-state index contributed by atoms with van der Waals surface area (Å²) in [6.07, 6.45) is 0. The first kappa shape index (κ1) is 27.2. The second kappa shape index (κ2) is 10.5. The molecule has 7 aromatic carbocycles. The molecule has 0 amide bonds. The number of aliphatic imine (C=N–C) groups is 1. The smallest absolute Gasteiger partial charge is 0.0632 e. The second-order valence-corrected chi connectivity index (χ2v) is 13.4. The predicted octanol–water partition coefficient (Wildman–Crippen LogP) is 12.1. The molecule has 0 spiro atoms. The van der Waals surface area contributed by atoms with Crippen molar-refractivity contribution in [2.24, 2.45) is 4.99 Å². The maximum Gasteiger partial charge on any atom is 0.0632 e. The Morgan fingerprint density at radius 1 is 0.479 bits per heavy atom. The first-order valence-corrected chi connectivity index (χ1v) is 17.1. The van der Waals surface area contributed by atoms with Crippen molar-refractivity contribution in [3.8, 4) is 22.5 Å². The zero-order valence-electron chi connectivity index (χ0n) is 26.1. The lowest BCUT2D eigenvalue weighted by Gasteiger charge is -2.16. The molecule has 48 heavy (non-hydrogen) atoms. The van der Waals surface area contributed by atoms with Gasteiger partial charge in [-0.1, -0.05) is 103 Å². The zero-order chi connectivity index (χ0) is 31.8. The molecule has 3 heterocycles. The Bertz CT molecular complexity index is 2830. The summed E-state index contributed by atoms with van der Waals surface area (Å²) in [5.41, 5.74) is 10.8. The maximum atomic E-state index is 4.26. The molecule has 0 radical (unpaired) electrons. The van der Waals surface area contributed by atoms with Crippen molar-refractivity contribution in [1.29, 1.82) is 0 Å². The number of rotatable bonds is 5. The van der Waals surface area contributed by atoms with Crippen LogP contribution in [0.15, 0.2) is 157 Å². The van der Waals surface area contributed by atoms with E-state index in [1.807, 2.05) is 11.3 Å². The number of benzene rings is 7. The Morgan fingerprint density at radius 2 is 1.10 bits per heavy atom. The van der Waals surface area contributed by atoms with E-state index in [2.05, 4.69) is 173 Å². The third kappa shape index (κ3) is 3.84. The highest BCUT2D eigenvalue weighted by Gasteiger charge is 2.21. The van der Waals surface area contributed by atoms with Crippen molar-refractivity contribution in [1.82, 2.24) is 9.13 Å². The minimum atomic E-state index is 0.572. The number of aromatic nitrogens is 2. The summed E-state index contributed by atoms with van der Waals surface area (Å²) in [4.78, 5) is 4.26. The Morgan fingerprint density at radius 3 is 1.83 bits per heavy atom.